The van der Waals surface area contributed by atoms with Crippen molar-refractivity contribution in [1.29, 1.82) is 0 Å². The lowest BCUT2D eigenvalue weighted by atomic mass is 10.2. The Hall–Kier alpha value is -1.75. The predicted octanol–water partition coefficient (Wildman–Crippen LogP) is 2.53. The first-order valence-electron chi connectivity index (χ1n) is 5.87. The van der Waals surface area contributed by atoms with Gasteiger partial charge in [-0.2, -0.15) is 0 Å². The molecule has 19 heavy (non-hydrogen) atoms. The second-order valence-electron chi connectivity index (χ2n) is 4.09. The highest BCUT2D eigenvalue weighted by Crippen LogP contribution is 2.31. The summed E-state index contributed by atoms with van der Waals surface area (Å²) in [7, 11) is 1.57. The van der Waals surface area contributed by atoms with Gasteiger partial charge in [0.25, 0.3) is 5.56 Å². The fraction of sp³-hybridized carbons (Fsp3) is 0.385. The molecule has 0 saturated heterocycles. The molecule has 1 heterocycles. The van der Waals surface area contributed by atoms with Crippen LogP contribution in [-0.4, -0.2) is 23.2 Å². The van der Waals surface area contributed by atoms with Crippen LogP contribution in [0.15, 0.2) is 23.3 Å². The van der Waals surface area contributed by atoms with Crippen LogP contribution in [0.5, 0.6) is 11.5 Å². The highest BCUT2D eigenvalue weighted by atomic mass is 35.5. The van der Waals surface area contributed by atoms with Gasteiger partial charge in [0.15, 0.2) is 11.5 Å². The largest absolute Gasteiger partial charge is 0.493 e. The summed E-state index contributed by atoms with van der Waals surface area (Å²) in [4.78, 5) is 18.3. The molecule has 2 aromatic rings. The van der Waals surface area contributed by atoms with Crippen LogP contribution in [0, 0.1) is 0 Å². The van der Waals surface area contributed by atoms with Crippen molar-refractivity contribution in [2.45, 2.75) is 26.4 Å². The molecule has 1 N–H and O–H groups in total. The zero-order chi connectivity index (χ0) is 13.1. The van der Waals surface area contributed by atoms with Gasteiger partial charge in [-0.05, 0) is 19.4 Å². The summed E-state index contributed by atoms with van der Waals surface area (Å²) >= 11 is 0. The molecule has 1 aromatic heterocycles. The highest BCUT2D eigenvalue weighted by molar-refractivity contribution is 5.85. The Kier molecular flexibility index (Phi) is 5.18. The standard InChI is InChI=1S/C13H16N2O3.ClH/c1-4-8(2)18-12-5-9-10(6-11(12)17-3)14-7-15-13(9)16;/h5-8H,4H2,1-3H3,(H,14,15,16);1H. The van der Waals surface area contributed by atoms with Crippen molar-refractivity contribution in [2.75, 3.05) is 7.11 Å². The first-order valence-corrected chi connectivity index (χ1v) is 5.87. The van der Waals surface area contributed by atoms with Crippen molar-refractivity contribution in [2.24, 2.45) is 0 Å². The van der Waals surface area contributed by atoms with Gasteiger partial charge in [-0.3, -0.25) is 4.79 Å². The number of ether oxygens (including phenoxy) is 2. The fourth-order valence-electron chi connectivity index (χ4n) is 1.63. The number of fused-ring (bicyclic) bond motifs is 1. The predicted molar refractivity (Wildman–Crippen MR) is 76.5 cm³/mol. The van der Waals surface area contributed by atoms with E-state index in [4.69, 9.17) is 9.47 Å². The van der Waals surface area contributed by atoms with E-state index in [1.165, 1.54) is 6.33 Å². The van der Waals surface area contributed by atoms with E-state index < -0.39 is 0 Å². The second-order valence-corrected chi connectivity index (χ2v) is 4.09. The maximum atomic E-state index is 11.7. The number of rotatable bonds is 4. The van der Waals surface area contributed by atoms with E-state index in [2.05, 4.69) is 9.97 Å². The van der Waals surface area contributed by atoms with E-state index in [9.17, 15) is 4.79 Å². The molecule has 0 aliphatic heterocycles. The third-order valence-electron chi connectivity index (χ3n) is 2.83. The monoisotopic (exact) mass is 284 g/mol. The zero-order valence-corrected chi connectivity index (χ0v) is 11.9. The quantitative estimate of drug-likeness (QED) is 0.937. The van der Waals surface area contributed by atoms with Crippen LogP contribution in [0.2, 0.25) is 0 Å². The van der Waals surface area contributed by atoms with Crippen LogP contribution in [0.3, 0.4) is 0 Å². The molecule has 1 aromatic carbocycles. The van der Waals surface area contributed by atoms with E-state index in [0.29, 0.717) is 22.4 Å². The van der Waals surface area contributed by atoms with Crippen LogP contribution in [0.25, 0.3) is 10.9 Å². The van der Waals surface area contributed by atoms with Crippen molar-refractivity contribution < 1.29 is 9.47 Å². The number of hydrogen-bond acceptors (Lipinski definition) is 4. The number of hydrogen-bond donors (Lipinski definition) is 1. The van der Waals surface area contributed by atoms with Crippen LogP contribution >= 0.6 is 12.4 Å². The minimum absolute atomic E-state index is 0. The SMILES string of the molecule is CCC(C)Oc1cc2c(=O)[nH]cnc2cc1OC.Cl. The van der Waals surface area contributed by atoms with Gasteiger partial charge in [-0.1, -0.05) is 6.92 Å². The van der Waals surface area contributed by atoms with Gasteiger partial charge in [0, 0.05) is 6.07 Å². The number of H-pyrrole nitrogens is 1. The number of nitrogens with zero attached hydrogens (tertiary/aromatic N) is 1. The molecule has 1 unspecified atom stereocenters. The van der Waals surface area contributed by atoms with Crippen molar-refractivity contribution in [1.82, 2.24) is 9.97 Å². The molecule has 0 radical (unpaired) electrons. The van der Waals surface area contributed by atoms with Crippen LogP contribution in [0.4, 0.5) is 0 Å². The Morgan fingerprint density at radius 1 is 1.37 bits per heavy atom. The third kappa shape index (κ3) is 3.17. The fourth-order valence-corrected chi connectivity index (χ4v) is 1.63. The van der Waals surface area contributed by atoms with Gasteiger partial charge < -0.3 is 14.5 Å². The molecule has 0 aliphatic carbocycles. The summed E-state index contributed by atoms with van der Waals surface area (Å²) in [5.41, 5.74) is 0.406. The van der Waals surface area contributed by atoms with Gasteiger partial charge in [-0.25, -0.2) is 4.98 Å². The molecule has 0 amide bonds. The Bertz CT molecular complexity index is 612. The number of benzene rings is 1. The lowest BCUT2D eigenvalue weighted by Gasteiger charge is -2.15. The Labute approximate surface area is 117 Å². The van der Waals surface area contributed by atoms with Crippen molar-refractivity contribution in [3.63, 3.8) is 0 Å². The molecule has 0 spiro atoms. The average Bonchev–Trinajstić information content (AvgIpc) is 2.39. The van der Waals surface area contributed by atoms with Gasteiger partial charge in [0.05, 0.1) is 30.4 Å². The summed E-state index contributed by atoms with van der Waals surface area (Å²) in [6, 6.07) is 3.38. The van der Waals surface area contributed by atoms with Crippen LogP contribution < -0.4 is 15.0 Å². The molecular weight excluding hydrogens is 268 g/mol. The van der Waals surface area contributed by atoms with E-state index >= 15 is 0 Å². The summed E-state index contributed by atoms with van der Waals surface area (Å²) < 4.78 is 11.0. The highest BCUT2D eigenvalue weighted by Gasteiger charge is 2.11. The van der Waals surface area contributed by atoms with Crippen molar-refractivity contribution in [3.8, 4) is 11.5 Å². The lowest BCUT2D eigenvalue weighted by Crippen LogP contribution is -2.12. The number of halogens is 1. The molecule has 0 saturated carbocycles. The van der Waals surface area contributed by atoms with E-state index in [1.807, 2.05) is 13.8 Å². The van der Waals surface area contributed by atoms with Gasteiger partial charge >= 0.3 is 0 Å². The minimum Gasteiger partial charge on any atom is -0.493 e. The molecule has 0 fully saturated rings. The first kappa shape index (κ1) is 15.3. The molecule has 104 valence electrons. The second kappa shape index (κ2) is 6.43. The van der Waals surface area contributed by atoms with Crippen molar-refractivity contribution in [3.05, 3.63) is 28.8 Å². The van der Waals surface area contributed by atoms with E-state index in [1.54, 1.807) is 19.2 Å². The molecular formula is C13H17ClN2O3. The summed E-state index contributed by atoms with van der Waals surface area (Å²) in [6.45, 7) is 4.00. The zero-order valence-electron chi connectivity index (χ0n) is 11.1. The number of nitrogens with one attached hydrogen (secondary N) is 1. The average molecular weight is 285 g/mol. The van der Waals surface area contributed by atoms with Crippen LogP contribution in [0.1, 0.15) is 20.3 Å². The van der Waals surface area contributed by atoms with E-state index in [-0.39, 0.29) is 24.1 Å². The number of methoxy groups -OCH3 is 1. The maximum absolute atomic E-state index is 11.7. The van der Waals surface area contributed by atoms with Gasteiger partial charge in [0.2, 0.25) is 0 Å². The van der Waals surface area contributed by atoms with Gasteiger partial charge in [-0.15, -0.1) is 12.4 Å². The molecule has 0 bridgehead atoms. The number of aromatic nitrogens is 2. The van der Waals surface area contributed by atoms with Crippen LogP contribution in [-0.2, 0) is 0 Å². The molecule has 6 heteroatoms. The first-order chi connectivity index (χ1) is 8.65. The summed E-state index contributed by atoms with van der Waals surface area (Å²) in [6.07, 6.45) is 2.32. The molecule has 2 rings (SSSR count). The lowest BCUT2D eigenvalue weighted by molar-refractivity contribution is 0.208. The summed E-state index contributed by atoms with van der Waals surface area (Å²) in [5.74, 6) is 1.15. The Morgan fingerprint density at radius 3 is 2.74 bits per heavy atom. The molecule has 0 aliphatic rings. The normalized spacial score (nSPS) is 11.7. The maximum Gasteiger partial charge on any atom is 0.258 e. The number of aromatic amines is 1. The smallest absolute Gasteiger partial charge is 0.258 e. The molecule has 5 nitrogen and oxygen atoms in total. The Balaban J connectivity index is 0.00000180. The molecule has 1 atom stereocenters. The van der Waals surface area contributed by atoms with Gasteiger partial charge in [0.1, 0.15) is 0 Å². The van der Waals surface area contributed by atoms with Crippen molar-refractivity contribution >= 4 is 23.3 Å². The third-order valence-corrected chi connectivity index (χ3v) is 2.83. The topological polar surface area (TPSA) is 64.2 Å². The summed E-state index contributed by atoms with van der Waals surface area (Å²) in [5, 5.41) is 0.497. The Morgan fingerprint density at radius 2 is 2.11 bits per heavy atom. The minimum atomic E-state index is -0.184. The van der Waals surface area contributed by atoms with E-state index in [0.717, 1.165) is 6.42 Å².